The molecule has 3 aromatic rings. The Bertz CT molecular complexity index is 1130. The number of nitrogens with one attached hydrogen (secondary N) is 1. The highest BCUT2D eigenvalue weighted by Crippen LogP contribution is 2.42. The van der Waals surface area contributed by atoms with Crippen molar-refractivity contribution in [3.05, 3.63) is 53.2 Å². The van der Waals surface area contributed by atoms with Crippen LogP contribution in [0.15, 0.2) is 40.9 Å². The van der Waals surface area contributed by atoms with E-state index in [9.17, 15) is 9.59 Å². The summed E-state index contributed by atoms with van der Waals surface area (Å²) in [7, 11) is 0. The average Bonchev–Trinajstić information content (AvgIpc) is 3.31. The number of nitrogens with zero attached hydrogens (tertiary/aromatic N) is 1. The van der Waals surface area contributed by atoms with E-state index in [-0.39, 0.29) is 11.6 Å². The lowest BCUT2D eigenvalue weighted by Gasteiger charge is -2.16. The minimum Gasteiger partial charge on any atom is -0.493 e. The monoisotopic (exact) mass is 478 g/mol. The Hall–Kier alpha value is -3.61. The summed E-state index contributed by atoms with van der Waals surface area (Å²) in [5, 5.41) is 6.93. The van der Waals surface area contributed by atoms with Gasteiger partial charge in [0.15, 0.2) is 11.5 Å². The quantitative estimate of drug-likeness (QED) is 0.231. The number of hydrogen-bond donors (Lipinski definition) is 1. The van der Waals surface area contributed by atoms with Crippen LogP contribution in [0.2, 0.25) is 0 Å². The summed E-state index contributed by atoms with van der Waals surface area (Å²) in [4.78, 5) is 24.0. The van der Waals surface area contributed by atoms with Gasteiger partial charge < -0.3 is 19.3 Å². The van der Waals surface area contributed by atoms with E-state index in [2.05, 4.69) is 24.3 Å². The van der Waals surface area contributed by atoms with E-state index >= 15 is 0 Å². The van der Waals surface area contributed by atoms with E-state index in [1.807, 2.05) is 26.0 Å². The van der Waals surface area contributed by atoms with Crippen molar-refractivity contribution in [2.24, 2.45) is 0 Å². The largest absolute Gasteiger partial charge is 0.493 e. The lowest BCUT2D eigenvalue weighted by Crippen LogP contribution is -2.23. The molecule has 2 aromatic carbocycles. The second-order valence-electron chi connectivity index (χ2n) is 8.35. The van der Waals surface area contributed by atoms with Crippen molar-refractivity contribution in [1.82, 2.24) is 10.5 Å². The van der Waals surface area contributed by atoms with Crippen molar-refractivity contribution in [2.45, 2.75) is 53.4 Å². The molecule has 0 fully saturated rings. The van der Waals surface area contributed by atoms with Gasteiger partial charge in [-0.3, -0.25) is 9.59 Å². The van der Waals surface area contributed by atoms with E-state index < -0.39 is 0 Å². The number of carbonyl (C=O) groups is 2. The number of aromatic nitrogens is 1. The molecule has 0 aliphatic carbocycles. The third kappa shape index (κ3) is 6.29. The van der Waals surface area contributed by atoms with Crippen LogP contribution in [-0.4, -0.2) is 37.1 Å². The fourth-order valence-corrected chi connectivity index (χ4v) is 3.64. The summed E-state index contributed by atoms with van der Waals surface area (Å²) in [5.41, 5.74) is 3.61. The van der Waals surface area contributed by atoms with E-state index in [1.165, 1.54) is 0 Å². The van der Waals surface area contributed by atoms with Crippen LogP contribution in [0, 0.1) is 6.92 Å². The predicted molar refractivity (Wildman–Crippen MR) is 136 cm³/mol. The second-order valence-corrected chi connectivity index (χ2v) is 8.35. The Labute approximate surface area is 206 Å². The van der Waals surface area contributed by atoms with Crippen LogP contribution in [0.3, 0.4) is 0 Å². The predicted octanol–water partition coefficient (Wildman–Crippen LogP) is 6.24. The molecule has 1 N–H and O–H groups in total. The molecule has 0 unspecified atom stereocenters. The van der Waals surface area contributed by atoms with Crippen molar-refractivity contribution in [3.63, 3.8) is 0 Å². The lowest BCUT2D eigenvalue weighted by molar-refractivity contribution is 0.0947. The van der Waals surface area contributed by atoms with Crippen LogP contribution in [0.5, 0.6) is 11.5 Å². The van der Waals surface area contributed by atoms with Gasteiger partial charge in [-0.1, -0.05) is 56.1 Å². The standard InChI is InChI=1S/C28H34N2O5/c1-5-8-14-33-23-17-24(34-15-9-6-2)22(16-19(23)4)27-25(21-12-10-20(18-31)11-13-21)26(30-35-27)28(32)29-7-3/h10-13,16-18H,5-9,14-15H2,1-4H3,(H,29,32). The first kappa shape index (κ1) is 26.0. The Morgan fingerprint density at radius 1 is 1.00 bits per heavy atom. The van der Waals surface area contributed by atoms with Crippen molar-refractivity contribution in [1.29, 1.82) is 0 Å². The van der Waals surface area contributed by atoms with E-state index in [0.29, 0.717) is 53.5 Å². The third-order valence-corrected chi connectivity index (χ3v) is 5.61. The molecule has 0 saturated heterocycles. The molecule has 3 rings (SSSR count). The second kappa shape index (κ2) is 12.7. The van der Waals surface area contributed by atoms with E-state index in [4.69, 9.17) is 14.0 Å². The Morgan fingerprint density at radius 2 is 1.66 bits per heavy atom. The van der Waals surface area contributed by atoms with Crippen molar-refractivity contribution in [2.75, 3.05) is 19.8 Å². The molecule has 7 heteroatoms. The topological polar surface area (TPSA) is 90.7 Å². The molecule has 0 radical (unpaired) electrons. The number of ether oxygens (including phenoxy) is 2. The number of rotatable bonds is 13. The molecule has 0 aliphatic heterocycles. The van der Waals surface area contributed by atoms with Crippen LogP contribution in [0.1, 0.15) is 72.9 Å². The fraction of sp³-hybridized carbons (Fsp3) is 0.393. The SMILES string of the molecule is CCCCOc1cc(OCCCC)c(-c2onc(C(=O)NCC)c2-c2ccc(C=O)cc2)cc1C. The molecule has 1 heterocycles. The first-order valence-electron chi connectivity index (χ1n) is 12.3. The first-order valence-corrected chi connectivity index (χ1v) is 12.3. The van der Waals surface area contributed by atoms with E-state index in [0.717, 1.165) is 43.3 Å². The average molecular weight is 479 g/mol. The molecular formula is C28H34N2O5. The lowest BCUT2D eigenvalue weighted by atomic mass is 9.96. The van der Waals surface area contributed by atoms with Gasteiger partial charge >= 0.3 is 0 Å². The van der Waals surface area contributed by atoms with Gasteiger partial charge in [-0.25, -0.2) is 0 Å². The summed E-state index contributed by atoms with van der Waals surface area (Å²) in [6, 6.07) is 10.8. The van der Waals surface area contributed by atoms with E-state index in [1.54, 1.807) is 24.3 Å². The van der Waals surface area contributed by atoms with Crippen LogP contribution < -0.4 is 14.8 Å². The highest BCUT2D eigenvalue weighted by Gasteiger charge is 2.27. The minimum atomic E-state index is -0.332. The summed E-state index contributed by atoms with van der Waals surface area (Å²) >= 11 is 0. The number of hydrogen-bond acceptors (Lipinski definition) is 6. The van der Waals surface area contributed by atoms with Gasteiger partial charge in [-0.15, -0.1) is 0 Å². The van der Waals surface area contributed by atoms with Crippen LogP contribution in [0.25, 0.3) is 22.5 Å². The van der Waals surface area contributed by atoms with Crippen molar-refractivity contribution in [3.8, 4) is 33.9 Å². The molecule has 35 heavy (non-hydrogen) atoms. The highest BCUT2D eigenvalue weighted by atomic mass is 16.5. The maximum absolute atomic E-state index is 12.8. The number of unbranched alkanes of at least 4 members (excludes halogenated alkanes) is 2. The molecule has 1 amide bonds. The Morgan fingerprint density at radius 3 is 2.26 bits per heavy atom. The summed E-state index contributed by atoms with van der Waals surface area (Å²) in [5.74, 6) is 1.47. The smallest absolute Gasteiger partial charge is 0.274 e. The molecule has 186 valence electrons. The zero-order valence-electron chi connectivity index (χ0n) is 21.0. The molecule has 0 spiro atoms. The summed E-state index contributed by atoms with van der Waals surface area (Å²) < 4.78 is 18.0. The number of amides is 1. The van der Waals surface area contributed by atoms with Crippen LogP contribution >= 0.6 is 0 Å². The molecule has 0 atom stereocenters. The molecule has 1 aromatic heterocycles. The zero-order valence-corrected chi connectivity index (χ0v) is 21.0. The van der Waals surface area contributed by atoms with Crippen molar-refractivity contribution >= 4 is 12.2 Å². The summed E-state index contributed by atoms with van der Waals surface area (Å²) in [6.07, 6.45) is 4.69. The third-order valence-electron chi connectivity index (χ3n) is 5.61. The number of carbonyl (C=O) groups excluding carboxylic acids is 2. The number of aldehydes is 1. The fourth-order valence-electron chi connectivity index (χ4n) is 3.64. The maximum Gasteiger partial charge on any atom is 0.274 e. The zero-order chi connectivity index (χ0) is 25.2. The van der Waals surface area contributed by atoms with Crippen molar-refractivity contribution < 1.29 is 23.6 Å². The van der Waals surface area contributed by atoms with Gasteiger partial charge in [0.2, 0.25) is 0 Å². The van der Waals surface area contributed by atoms with Crippen LogP contribution in [-0.2, 0) is 0 Å². The van der Waals surface area contributed by atoms with Gasteiger partial charge in [-0.05, 0) is 43.9 Å². The van der Waals surface area contributed by atoms with Gasteiger partial charge in [0.25, 0.3) is 5.91 Å². The van der Waals surface area contributed by atoms with Gasteiger partial charge in [0.1, 0.15) is 17.8 Å². The minimum absolute atomic E-state index is 0.182. The molecule has 7 nitrogen and oxygen atoms in total. The first-order chi connectivity index (χ1) is 17.0. The summed E-state index contributed by atoms with van der Waals surface area (Å²) in [6.45, 7) is 9.67. The van der Waals surface area contributed by atoms with Gasteiger partial charge in [0, 0.05) is 18.2 Å². The number of aryl methyl sites for hydroxylation is 1. The Kier molecular flexibility index (Phi) is 9.47. The molecule has 0 aliphatic rings. The van der Waals surface area contributed by atoms with Gasteiger partial charge in [-0.2, -0.15) is 0 Å². The normalized spacial score (nSPS) is 10.7. The molecule has 0 bridgehead atoms. The highest BCUT2D eigenvalue weighted by molar-refractivity contribution is 6.02. The Balaban J connectivity index is 2.16. The van der Waals surface area contributed by atoms with Gasteiger partial charge in [0.05, 0.1) is 24.3 Å². The molecule has 0 saturated carbocycles. The molecular weight excluding hydrogens is 444 g/mol. The number of benzene rings is 2. The van der Waals surface area contributed by atoms with Crippen LogP contribution in [0.4, 0.5) is 0 Å². The maximum atomic E-state index is 12.8.